The zero-order valence-electron chi connectivity index (χ0n) is 10.4. The molecule has 11 heteroatoms. The summed E-state index contributed by atoms with van der Waals surface area (Å²) >= 11 is 4.47. The highest BCUT2D eigenvalue weighted by atomic mass is 35.7. The SMILES string of the molecule is NC1=CC(=[NH2+])SC(CC(=O)c2cccs2)S1.[O-][Cl+3]([O-])([O-])[O-]. The first-order chi connectivity index (χ1) is 9.65. The van der Waals surface area contributed by atoms with Gasteiger partial charge in [-0.3, -0.25) is 4.79 Å². The van der Waals surface area contributed by atoms with E-state index in [1.807, 2.05) is 17.5 Å². The van der Waals surface area contributed by atoms with Gasteiger partial charge in [-0.2, -0.15) is 0 Å². The van der Waals surface area contributed by atoms with Crippen molar-refractivity contribution in [3.63, 3.8) is 0 Å². The smallest absolute Gasteiger partial charge is 0.235 e. The van der Waals surface area contributed by atoms with Crippen LogP contribution in [0.2, 0.25) is 0 Å². The van der Waals surface area contributed by atoms with Crippen molar-refractivity contribution in [2.45, 2.75) is 11.0 Å². The van der Waals surface area contributed by atoms with Gasteiger partial charge in [-0.15, -0.1) is 21.6 Å². The van der Waals surface area contributed by atoms with Crippen molar-refractivity contribution in [1.82, 2.24) is 0 Å². The van der Waals surface area contributed by atoms with Crippen LogP contribution in [0.15, 0.2) is 28.6 Å². The molecule has 2 heterocycles. The number of thiophene rings is 1. The summed E-state index contributed by atoms with van der Waals surface area (Å²) in [5.41, 5.74) is 5.71. The Morgan fingerprint density at radius 3 is 2.43 bits per heavy atom. The molecule has 1 aliphatic rings. The average Bonchev–Trinajstić information content (AvgIpc) is 2.77. The van der Waals surface area contributed by atoms with Crippen molar-refractivity contribution in [2.24, 2.45) is 5.73 Å². The lowest BCUT2D eigenvalue weighted by atomic mass is 10.2. The van der Waals surface area contributed by atoms with Gasteiger partial charge in [0, 0.05) is 12.5 Å². The van der Waals surface area contributed by atoms with E-state index >= 15 is 0 Å². The first-order valence-electron chi connectivity index (χ1n) is 5.26. The minimum Gasteiger partial charge on any atom is -0.393 e. The van der Waals surface area contributed by atoms with Crippen molar-refractivity contribution in [1.29, 1.82) is 0 Å². The van der Waals surface area contributed by atoms with Gasteiger partial charge in [0.15, 0.2) is 5.78 Å². The van der Waals surface area contributed by atoms with E-state index in [9.17, 15) is 4.79 Å². The summed E-state index contributed by atoms with van der Waals surface area (Å²) in [7, 11) is -4.94. The second kappa shape index (κ2) is 8.15. The first kappa shape index (κ1) is 18.5. The molecule has 4 N–H and O–H groups in total. The van der Waals surface area contributed by atoms with Crippen molar-refractivity contribution in [3.05, 3.63) is 33.5 Å². The number of ketones is 1. The maximum Gasteiger partial charge on any atom is 0.235 e. The molecule has 1 atom stereocenters. The molecule has 0 aliphatic carbocycles. The predicted molar refractivity (Wildman–Crippen MR) is 71.4 cm³/mol. The van der Waals surface area contributed by atoms with Crippen LogP contribution in [0, 0.1) is 10.2 Å². The topological polar surface area (TPSA) is 161 Å². The maximum absolute atomic E-state index is 11.9. The van der Waals surface area contributed by atoms with Crippen LogP contribution in [-0.2, 0) is 0 Å². The number of nitrogens with two attached hydrogens (primary N) is 2. The Balaban J connectivity index is 0.000000383. The van der Waals surface area contributed by atoms with Crippen LogP contribution in [0.3, 0.4) is 0 Å². The van der Waals surface area contributed by atoms with Gasteiger partial charge in [0.2, 0.25) is 5.04 Å². The quantitative estimate of drug-likeness (QED) is 0.514. The monoisotopic (exact) mass is 370 g/mol. The maximum atomic E-state index is 11.9. The zero-order chi connectivity index (χ0) is 16.0. The highest BCUT2D eigenvalue weighted by Gasteiger charge is 2.24. The summed E-state index contributed by atoms with van der Waals surface area (Å²) in [6.07, 6.45) is 2.20. The zero-order valence-corrected chi connectivity index (χ0v) is 13.6. The number of rotatable bonds is 3. The molecule has 1 aromatic heterocycles. The van der Waals surface area contributed by atoms with Gasteiger partial charge in [0.1, 0.15) is 0 Å². The summed E-state index contributed by atoms with van der Waals surface area (Å²) in [6, 6.07) is 3.73. The van der Waals surface area contributed by atoms with Gasteiger partial charge in [-0.25, -0.2) is 24.0 Å². The molecule has 2 rings (SSSR count). The number of carbonyl (C=O) groups is 1. The number of Topliss-reactive ketones (excluding diaryl/α,β-unsaturated/α-hetero) is 1. The molecule has 0 saturated carbocycles. The molecule has 0 amide bonds. The molecule has 0 bridgehead atoms. The Kier molecular flexibility index (Phi) is 7.16. The molecular formula is C10H11ClN2O5S3. The Bertz CT molecular complexity index is 523. The summed E-state index contributed by atoms with van der Waals surface area (Å²) in [4.78, 5) is 12.7. The fourth-order valence-electron chi connectivity index (χ4n) is 1.31. The molecule has 7 nitrogen and oxygen atoms in total. The molecule has 0 fully saturated rings. The van der Waals surface area contributed by atoms with Crippen LogP contribution in [0.1, 0.15) is 16.1 Å². The highest BCUT2D eigenvalue weighted by molar-refractivity contribution is 8.27. The van der Waals surface area contributed by atoms with Crippen LogP contribution in [0.5, 0.6) is 0 Å². The lowest BCUT2D eigenvalue weighted by molar-refractivity contribution is -2.00. The van der Waals surface area contributed by atoms with E-state index in [-0.39, 0.29) is 10.4 Å². The highest BCUT2D eigenvalue weighted by Crippen LogP contribution is 2.36. The Hall–Kier alpha value is -0.590. The van der Waals surface area contributed by atoms with Gasteiger partial charge in [0.05, 0.1) is 14.5 Å². The van der Waals surface area contributed by atoms with Crippen molar-refractivity contribution in [3.8, 4) is 0 Å². The number of halogens is 1. The van der Waals surface area contributed by atoms with Crippen LogP contribution in [-0.4, -0.2) is 15.4 Å². The van der Waals surface area contributed by atoms with E-state index in [1.54, 1.807) is 6.08 Å². The Morgan fingerprint density at radius 2 is 1.95 bits per heavy atom. The first-order valence-corrected chi connectivity index (χ1v) is 9.14. The van der Waals surface area contributed by atoms with Crippen molar-refractivity contribution < 1.29 is 39.1 Å². The molecule has 0 spiro atoms. The molecule has 0 radical (unpaired) electrons. The second-order valence-corrected chi connectivity index (χ2v) is 8.15. The van der Waals surface area contributed by atoms with E-state index < -0.39 is 10.2 Å². The minimum absolute atomic E-state index is 0.0969. The fraction of sp³-hybridized carbons (Fsp3) is 0.200. The number of hydrogen-bond donors (Lipinski definition) is 2. The summed E-state index contributed by atoms with van der Waals surface area (Å²) in [5, 5.41) is 8.98. The summed E-state index contributed by atoms with van der Waals surface area (Å²) in [5.74, 6) is 0.155. The lowest BCUT2D eigenvalue weighted by Crippen LogP contribution is -2.68. The third kappa shape index (κ3) is 8.44. The normalized spacial score (nSPS) is 18.6. The second-order valence-electron chi connectivity index (χ2n) is 3.60. The third-order valence-electron chi connectivity index (χ3n) is 1.97. The number of thioether (sulfide) groups is 2. The molecule has 21 heavy (non-hydrogen) atoms. The van der Waals surface area contributed by atoms with E-state index in [2.05, 4.69) is 0 Å². The van der Waals surface area contributed by atoms with Crippen LogP contribution >= 0.6 is 34.9 Å². The predicted octanol–water partition coefficient (Wildman–Crippen LogP) is -3.67. The van der Waals surface area contributed by atoms with E-state index in [4.69, 9.17) is 29.8 Å². The number of hydrogen-bond acceptors (Lipinski definition) is 9. The minimum atomic E-state index is -4.94. The largest absolute Gasteiger partial charge is 0.393 e. The fourth-order valence-corrected chi connectivity index (χ4v) is 4.38. The van der Waals surface area contributed by atoms with E-state index in [0.29, 0.717) is 16.5 Å². The van der Waals surface area contributed by atoms with Crippen LogP contribution < -0.4 is 29.8 Å². The van der Waals surface area contributed by atoms with Gasteiger partial charge >= 0.3 is 0 Å². The lowest BCUT2D eigenvalue weighted by Gasteiger charge is -2.17. The molecule has 1 unspecified atom stereocenters. The van der Waals surface area contributed by atoms with Gasteiger partial charge in [-0.1, -0.05) is 17.8 Å². The van der Waals surface area contributed by atoms with Gasteiger partial charge < -0.3 is 5.73 Å². The van der Waals surface area contributed by atoms with E-state index in [0.717, 1.165) is 4.88 Å². The van der Waals surface area contributed by atoms with E-state index in [1.165, 1.54) is 34.9 Å². The molecule has 0 aromatic carbocycles. The molecule has 1 aliphatic heterocycles. The standard InChI is InChI=1S/C10H10N2OS3.ClHO4/c11-8-5-9(12)16-10(15-8)4-6(13)7-2-1-3-14-7;2-1(3,4)5/h1-3,5,10-11H,4,12H2;(H,2,3,4,5). The van der Waals surface area contributed by atoms with Crippen molar-refractivity contribution >= 4 is 45.7 Å². The number of carbonyl (C=O) groups excluding carboxylic acids is 1. The molecule has 0 saturated heterocycles. The van der Waals surface area contributed by atoms with Gasteiger partial charge in [0.25, 0.3) is 0 Å². The van der Waals surface area contributed by atoms with Crippen LogP contribution in [0.4, 0.5) is 0 Å². The molecule has 116 valence electrons. The van der Waals surface area contributed by atoms with Crippen molar-refractivity contribution in [2.75, 3.05) is 0 Å². The Morgan fingerprint density at radius 1 is 1.33 bits per heavy atom. The average molecular weight is 371 g/mol. The Labute approximate surface area is 135 Å². The third-order valence-corrected chi connectivity index (χ3v) is 5.10. The molecule has 1 aromatic rings. The molecular weight excluding hydrogens is 360 g/mol. The van der Waals surface area contributed by atoms with Gasteiger partial charge in [-0.05, 0) is 23.2 Å². The summed E-state index contributed by atoms with van der Waals surface area (Å²) in [6.45, 7) is 0. The van der Waals surface area contributed by atoms with Crippen LogP contribution in [0.25, 0.3) is 0 Å². The summed E-state index contributed by atoms with van der Waals surface area (Å²) < 4.78 is 34.1.